The van der Waals surface area contributed by atoms with Crippen LogP contribution in [0.15, 0.2) is 103 Å². The van der Waals surface area contributed by atoms with Crippen LogP contribution < -0.4 is 16.0 Å². The van der Waals surface area contributed by atoms with Gasteiger partial charge in [0.05, 0.1) is 12.1 Å². The summed E-state index contributed by atoms with van der Waals surface area (Å²) in [5.41, 5.74) is 13.9. The van der Waals surface area contributed by atoms with Crippen molar-refractivity contribution in [2.24, 2.45) is 5.73 Å². The van der Waals surface area contributed by atoms with E-state index in [4.69, 9.17) is 15.6 Å². The van der Waals surface area contributed by atoms with Crippen LogP contribution in [0, 0.1) is 13.8 Å². The average molecular weight is 698 g/mol. The molecule has 0 spiro atoms. The van der Waals surface area contributed by atoms with Gasteiger partial charge in [0.25, 0.3) is 5.91 Å². The van der Waals surface area contributed by atoms with Gasteiger partial charge in [0, 0.05) is 17.8 Å². The molecule has 0 unspecified atom stereocenters. The number of hydrogen-bond donors (Lipinski definition) is 4. The summed E-state index contributed by atoms with van der Waals surface area (Å²) < 4.78 is 31.7. The predicted molar refractivity (Wildman–Crippen MR) is 190 cm³/mol. The largest absolute Gasteiger partial charge is 0.508 e. The van der Waals surface area contributed by atoms with E-state index in [-0.39, 0.29) is 23.6 Å². The van der Waals surface area contributed by atoms with E-state index < -0.39 is 18.2 Å². The number of phenolic OH excluding ortho intramolecular Hbond substituents is 1. The maximum absolute atomic E-state index is 13.6. The molecule has 0 fully saturated rings. The van der Waals surface area contributed by atoms with E-state index in [2.05, 4.69) is 47.8 Å². The van der Waals surface area contributed by atoms with Gasteiger partial charge in [-0.2, -0.15) is 13.2 Å². The van der Waals surface area contributed by atoms with Gasteiger partial charge in [-0.1, -0.05) is 72.8 Å². The number of carboxylic acids is 1. The number of phenols is 1. The second-order valence-electron chi connectivity index (χ2n) is 12.6. The van der Waals surface area contributed by atoms with Crippen molar-refractivity contribution in [2.75, 3.05) is 11.4 Å². The molecule has 5 aromatic carbocycles. The van der Waals surface area contributed by atoms with Crippen LogP contribution in [0.1, 0.15) is 56.2 Å². The number of aromatic hydroxyl groups is 1. The number of anilines is 1. The zero-order valence-corrected chi connectivity index (χ0v) is 28.1. The number of halogens is 3. The summed E-state index contributed by atoms with van der Waals surface area (Å²) in [6.45, 7) is 4.31. The summed E-state index contributed by atoms with van der Waals surface area (Å²) in [6, 6.07) is 32.7. The number of amides is 2. The molecular weight excluding hydrogens is 659 g/mol. The van der Waals surface area contributed by atoms with Crippen molar-refractivity contribution in [1.82, 2.24) is 5.32 Å². The van der Waals surface area contributed by atoms with Gasteiger partial charge in [-0.25, -0.2) is 4.79 Å². The lowest BCUT2D eigenvalue weighted by molar-refractivity contribution is -0.192. The standard InChI is InChI=1S/C38H37N3O3.C2HF3O2/c1-24-18-31(42)19-25(2)32(24)23-34(39)37(43)40-35-16-17-41(38(44)29-9-4-3-5-10-29)36-15-13-27(22-33(35)36)20-26-12-14-28-8-6-7-11-30(28)21-26;3-2(4,5)1(6)7/h3-15,18-19,21-22,34-35,42H,16-17,20,23,39H2,1-2H3,(H,40,43);(H,6,7)/t34-,35+;/m0./s1. The van der Waals surface area contributed by atoms with Gasteiger partial charge in [-0.05, 0) is 108 Å². The van der Waals surface area contributed by atoms with Crippen LogP contribution in [0.25, 0.3) is 10.8 Å². The smallest absolute Gasteiger partial charge is 0.490 e. The van der Waals surface area contributed by atoms with Gasteiger partial charge in [0.1, 0.15) is 5.75 Å². The number of aliphatic carboxylic acids is 1. The normalized spacial score (nSPS) is 14.5. The first-order valence-corrected chi connectivity index (χ1v) is 16.3. The number of hydrogen-bond acceptors (Lipinski definition) is 5. The van der Waals surface area contributed by atoms with Crippen LogP contribution in [0.2, 0.25) is 0 Å². The summed E-state index contributed by atoms with van der Waals surface area (Å²) in [6.07, 6.45) is -3.42. The molecule has 8 nitrogen and oxygen atoms in total. The Bertz CT molecular complexity index is 2040. The Labute approximate surface area is 293 Å². The molecule has 0 aliphatic carbocycles. The Balaban J connectivity index is 0.000000654. The van der Waals surface area contributed by atoms with Crippen molar-refractivity contribution < 1.29 is 37.8 Å². The molecule has 264 valence electrons. The molecule has 6 rings (SSSR count). The third kappa shape index (κ3) is 8.92. The van der Waals surface area contributed by atoms with Crippen LogP contribution in [-0.2, 0) is 22.4 Å². The zero-order valence-electron chi connectivity index (χ0n) is 28.1. The number of carboxylic acid groups (broad SMARTS) is 1. The summed E-state index contributed by atoms with van der Waals surface area (Å²) in [7, 11) is 0. The molecule has 5 N–H and O–H groups in total. The molecule has 1 aliphatic heterocycles. The molecule has 0 radical (unpaired) electrons. The van der Waals surface area contributed by atoms with Gasteiger partial charge in [-0.15, -0.1) is 0 Å². The lowest BCUT2D eigenvalue weighted by Crippen LogP contribution is -2.46. The van der Waals surface area contributed by atoms with E-state index in [1.165, 1.54) is 16.3 Å². The third-order valence-corrected chi connectivity index (χ3v) is 8.89. The Kier molecular flexibility index (Phi) is 11.1. The summed E-state index contributed by atoms with van der Waals surface area (Å²) >= 11 is 0. The van der Waals surface area contributed by atoms with Crippen LogP contribution in [0.4, 0.5) is 18.9 Å². The van der Waals surface area contributed by atoms with Crippen LogP contribution in [0.5, 0.6) is 5.75 Å². The molecule has 0 saturated heterocycles. The van der Waals surface area contributed by atoms with Gasteiger partial charge in [-0.3, -0.25) is 9.59 Å². The number of nitrogens with one attached hydrogen (secondary N) is 1. The van der Waals surface area contributed by atoms with Crippen molar-refractivity contribution in [3.05, 3.63) is 142 Å². The predicted octanol–water partition coefficient (Wildman–Crippen LogP) is 7.16. The number of nitrogens with zero attached hydrogens (tertiary/aromatic N) is 1. The van der Waals surface area contributed by atoms with Crippen LogP contribution >= 0.6 is 0 Å². The maximum Gasteiger partial charge on any atom is 0.490 e. The number of carbonyl (C=O) groups is 3. The molecule has 1 aliphatic rings. The molecule has 0 aromatic heterocycles. The molecule has 5 aromatic rings. The monoisotopic (exact) mass is 697 g/mol. The molecule has 0 bridgehead atoms. The first-order valence-electron chi connectivity index (χ1n) is 16.3. The van der Waals surface area contributed by atoms with Crippen LogP contribution in [0.3, 0.4) is 0 Å². The van der Waals surface area contributed by atoms with E-state index in [1.54, 1.807) is 12.1 Å². The fourth-order valence-corrected chi connectivity index (χ4v) is 6.34. The highest BCUT2D eigenvalue weighted by Crippen LogP contribution is 2.36. The lowest BCUT2D eigenvalue weighted by Gasteiger charge is -2.35. The highest BCUT2D eigenvalue weighted by atomic mass is 19.4. The highest BCUT2D eigenvalue weighted by molar-refractivity contribution is 6.07. The maximum atomic E-state index is 13.6. The topological polar surface area (TPSA) is 133 Å². The molecule has 2 atom stereocenters. The van der Waals surface area contributed by atoms with Gasteiger partial charge in [0.15, 0.2) is 0 Å². The quantitative estimate of drug-likeness (QED) is 0.143. The molecule has 11 heteroatoms. The molecule has 51 heavy (non-hydrogen) atoms. The van der Waals surface area contributed by atoms with E-state index >= 15 is 0 Å². The Hall–Kier alpha value is -5.68. The van der Waals surface area contributed by atoms with Crippen molar-refractivity contribution in [1.29, 1.82) is 0 Å². The third-order valence-electron chi connectivity index (χ3n) is 8.89. The van der Waals surface area contributed by atoms with Crippen molar-refractivity contribution in [3.8, 4) is 5.75 Å². The van der Waals surface area contributed by atoms with Crippen molar-refractivity contribution >= 4 is 34.2 Å². The van der Waals surface area contributed by atoms with Gasteiger partial charge >= 0.3 is 12.1 Å². The second-order valence-corrected chi connectivity index (χ2v) is 12.6. The van der Waals surface area contributed by atoms with Crippen molar-refractivity contribution in [2.45, 2.75) is 51.4 Å². The van der Waals surface area contributed by atoms with E-state index in [0.29, 0.717) is 24.9 Å². The number of aryl methyl sites for hydroxylation is 2. The first-order chi connectivity index (χ1) is 24.2. The summed E-state index contributed by atoms with van der Waals surface area (Å²) in [5, 5.41) is 22.7. The van der Waals surface area contributed by atoms with Crippen LogP contribution in [-0.4, -0.2) is 46.8 Å². The summed E-state index contributed by atoms with van der Waals surface area (Å²) in [5.74, 6) is -2.85. The molecule has 1 heterocycles. The fraction of sp³-hybridized carbons (Fsp3) is 0.225. The molecule has 2 amide bonds. The van der Waals surface area contributed by atoms with E-state index in [0.717, 1.165) is 39.9 Å². The Morgan fingerprint density at radius 2 is 1.45 bits per heavy atom. The first kappa shape index (κ1) is 36.6. The molecular formula is C40H38F3N3O5. The summed E-state index contributed by atoms with van der Waals surface area (Å²) in [4.78, 5) is 37.8. The zero-order chi connectivity index (χ0) is 36.9. The van der Waals surface area contributed by atoms with Crippen molar-refractivity contribution in [3.63, 3.8) is 0 Å². The second kappa shape index (κ2) is 15.5. The molecule has 0 saturated carbocycles. The number of alkyl halides is 3. The van der Waals surface area contributed by atoms with E-state index in [1.807, 2.05) is 67.3 Å². The highest BCUT2D eigenvalue weighted by Gasteiger charge is 2.38. The SMILES string of the molecule is Cc1cc(O)cc(C)c1C[C@H](N)C(=O)N[C@@H]1CCN(C(=O)c2ccccc2)c2ccc(Cc3ccc4ccccc4c3)cc21.O=C(O)C(F)(F)F. The Morgan fingerprint density at radius 1 is 0.863 bits per heavy atom. The number of benzene rings is 5. The fourth-order valence-electron chi connectivity index (χ4n) is 6.34. The minimum absolute atomic E-state index is 0.0612. The minimum atomic E-state index is -5.08. The number of nitrogens with two attached hydrogens (primary N) is 1. The van der Waals surface area contributed by atoms with Gasteiger partial charge < -0.3 is 26.2 Å². The average Bonchev–Trinajstić information content (AvgIpc) is 3.09. The Morgan fingerprint density at radius 3 is 2.10 bits per heavy atom. The van der Waals surface area contributed by atoms with E-state index in [9.17, 15) is 27.9 Å². The number of fused-ring (bicyclic) bond motifs is 2. The number of carbonyl (C=O) groups excluding carboxylic acids is 2. The lowest BCUT2D eigenvalue weighted by atomic mass is 9.91. The van der Waals surface area contributed by atoms with Gasteiger partial charge in [0.2, 0.25) is 5.91 Å². The number of rotatable bonds is 7. The minimum Gasteiger partial charge on any atom is -0.508 e.